The van der Waals surface area contributed by atoms with Crippen LogP contribution in [0.2, 0.25) is 0 Å². The molecule has 0 aliphatic rings. The Morgan fingerprint density at radius 1 is 1.19 bits per heavy atom. The Labute approximate surface area is 97.4 Å². The maximum atomic E-state index is 11.4. The van der Waals surface area contributed by atoms with Crippen LogP contribution in [0.3, 0.4) is 0 Å². The zero-order valence-electron chi connectivity index (χ0n) is 10.3. The van der Waals surface area contributed by atoms with Crippen LogP contribution < -0.4 is 5.32 Å². The van der Waals surface area contributed by atoms with Crippen LogP contribution in [0.15, 0.2) is 0 Å². The van der Waals surface area contributed by atoms with Crippen LogP contribution >= 0.6 is 0 Å². The summed E-state index contributed by atoms with van der Waals surface area (Å²) in [7, 11) is 0. The molecule has 0 saturated carbocycles. The van der Waals surface area contributed by atoms with Crippen LogP contribution in [-0.4, -0.2) is 23.5 Å². The van der Waals surface area contributed by atoms with Crippen molar-refractivity contribution < 1.29 is 14.7 Å². The van der Waals surface area contributed by atoms with Gasteiger partial charge >= 0.3 is 5.97 Å². The molecule has 2 N–H and O–H groups in total. The summed E-state index contributed by atoms with van der Waals surface area (Å²) in [6.45, 7) is 4.77. The maximum Gasteiger partial charge on any atom is 0.303 e. The fourth-order valence-corrected chi connectivity index (χ4v) is 1.54. The molecule has 4 nitrogen and oxygen atoms in total. The highest BCUT2D eigenvalue weighted by molar-refractivity contribution is 5.76. The quantitative estimate of drug-likeness (QED) is 0.595. The fourth-order valence-electron chi connectivity index (χ4n) is 1.54. The molecule has 94 valence electrons. The van der Waals surface area contributed by atoms with Gasteiger partial charge in [0, 0.05) is 19.4 Å². The maximum absolute atomic E-state index is 11.4. The number of unbranched alkanes of at least 4 members (excludes halogenated alkanes) is 1. The van der Waals surface area contributed by atoms with E-state index in [2.05, 4.69) is 19.2 Å². The van der Waals surface area contributed by atoms with Gasteiger partial charge in [0.15, 0.2) is 0 Å². The van der Waals surface area contributed by atoms with Crippen LogP contribution in [0.5, 0.6) is 0 Å². The third kappa shape index (κ3) is 8.26. The minimum atomic E-state index is -0.775. The minimum absolute atomic E-state index is 0.0871. The average molecular weight is 229 g/mol. The van der Waals surface area contributed by atoms with Gasteiger partial charge in [-0.15, -0.1) is 0 Å². The molecule has 4 heteroatoms. The van der Waals surface area contributed by atoms with E-state index < -0.39 is 5.97 Å². The summed E-state index contributed by atoms with van der Waals surface area (Å²) in [5.41, 5.74) is 0. The van der Waals surface area contributed by atoms with Crippen molar-refractivity contribution in [2.24, 2.45) is 5.92 Å². The molecule has 0 aromatic carbocycles. The van der Waals surface area contributed by atoms with Gasteiger partial charge in [-0.2, -0.15) is 0 Å². The van der Waals surface area contributed by atoms with Gasteiger partial charge in [0.25, 0.3) is 0 Å². The molecule has 0 radical (unpaired) electrons. The van der Waals surface area contributed by atoms with Crippen LogP contribution in [0, 0.1) is 5.92 Å². The van der Waals surface area contributed by atoms with Gasteiger partial charge in [-0.3, -0.25) is 9.59 Å². The zero-order valence-corrected chi connectivity index (χ0v) is 10.3. The van der Waals surface area contributed by atoms with Crippen molar-refractivity contribution >= 4 is 11.9 Å². The number of hydrogen-bond acceptors (Lipinski definition) is 2. The number of rotatable bonds is 9. The Bertz CT molecular complexity index is 212. The minimum Gasteiger partial charge on any atom is -0.481 e. The van der Waals surface area contributed by atoms with Crippen molar-refractivity contribution in [3.05, 3.63) is 0 Å². The predicted octanol–water partition coefficient (Wildman–Crippen LogP) is 2.18. The zero-order chi connectivity index (χ0) is 12.4. The average Bonchev–Trinajstić information content (AvgIpc) is 2.25. The first-order valence-corrected chi connectivity index (χ1v) is 6.08. The number of hydrogen-bond donors (Lipinski definition) is 2. The van der Waals surface area contributed by atoms with E-state index in [0.29, 0.717) is 25.3 Å². The fraction of sp³-hybridized carbons (Fsp3) is 0.833. The Morgan fingerprint density at radius 2 is 1.81 bits per heavy atom. The molecule has 0 aromatic rings. The molecule has 0 bridgehead atoms. The first-order chi connectivity index (χ1) is 7.60. The Kier molecular flexibility index (Phi) is 8.58. The van der Waals surface area contributed by atoms with Crippen LogP contribution in [0.1, 0.15) is 52.4 Å². The van der Waals surface area contributed by atoms with Gasteiger partial charge in [0.05, 0.1) is 0 Å². The monoisotopic (exact) mass is 229 g/mol. The number of carbonyl (C=O) groups is 2. The van der Waals surface area contributed by atoms with E-state index in [9.17, 15) is 9.59 Å². The normalized spacial score (nSPS) is 10.4. The number of amides is 1. The molecule has 0 atom stereocenters. The molecule has 0 fully saturated rings. The van der Waals surface area contributed by atoms with Crippen molar-refractivity contribution in [2.45, 2.75) is 52.4 Å². The molecular weight excluding hydrogens is 206 g/mol. The van der Waals surface area contributed by atoms with E-state index in [4.69, 9.17) is 5.11 Å². The summed E-state index contributed by atoms with van der Waals surface area (Å²) in [6, 6.07) is 0. The Morgan fingerprint density at radius 3 is 2.31 bits per heavy atom. The van der Waals surface area contributed by atoms with E-state index in [0.717, 1.165) is 19.3 Å². The summed E-state index contributed by atoms with van der Waals surface area (Å²) in [5.74, 6) is -0.216. The number of carbonyl (C=O) groups excluding carboxylic acids is 1. The van der Waals surface area contributed by atoms with Crippen molar-refractivity contribution in [1.29, 1.82) is 0 Å². The summed E-state index contributed by atoms with van der Waals surface area (Å²) in [5, 5.41) is 11.2. The number of carboxylic acid groups (broad SMARTS) is 1. The highest BCUT2D eigenvalue weighted by Gasteiger charge is 2.09. The van der Waals surface area contributed by atoms with E-state index in [1.54, 1.807) is 0 Å². The molecular formula is C12H23NO3. The SMILES string of the molecule is CCC(CC)CC(=O)NCCCCC(=O)O. The molecule has 0 aliphatic heterocycles. The number of aliphatic carboxylic acids is 1. The molecule has 16 heavy (non-hydrogen) atoms. The summed E-state index contributed by atoms with van der Waals surface area (Å²) >= 11 is 0. The largest absolute Gasteiger partial charge is 0.481 e. The molecule has 0 rings (SSSR count). The predicted molar refractivity (Wildman–Crippen MR) is 63.2 cm³/mol. The van der Waals surface area contributed by atoms with Gasteiger partial charge in [-0.1, -0.05) is 26.7 Å². The first-order valence-electron chi connectivity index (χ1n) is 6.08. The van der Waals surface area contributed by atoms with E-state index in [1.807, 2.05) is 0 Å². The third-order valence-corrected chi connectivity index (χ3v) is 2.77. The smallest absolute Gasteiger partial charge is 0.303 e. The van der Waals surface area contributed by atoms with Crippen molar-refractivity contribution in [3.63, 3.8) is 0 Å². The number of carboxylic acids is 1. The molecule has 0 aromatic heterocycles. The second-order valence-corrected chi connectivity index (χ2v) is 4.09. The molecule has 1 amide bonds. The van der Waals surface area contributed by atoms with Gasteiger partial charge in [-0.25, -0.2) is 0 Å². The van der Waals surface area contributed by atoms with E-state index >= 15 is 0 Å². The summed E-state index contributed by atoms with van der Waals surface area (Å²) in [4.78, 5) is 21.7. The number of nitrogens with one attached hydrogen (secondary N) is 1. The van der Waals surface area contributed by atoms with E-state index in [1.165, 1.54) is 0 Å². The van der Waals surface area contributed by atoms with Crippen LogP contribution in [-0.2, 0) is 9.59 Å². The van der Waals surface area contributed by atoms with E-state index in [-0.39, 0.29) is 12.3 Å². The van der Waals surface area contributed by atoms with Crippen LogP contribution in [0.25, 0.3) is 0 Å². The summed E-state index contributed by atoms with van der Waals surface area (Å²) in [6.07, 6.45) is 4.20. The van der Waals surface area contributed by atoms with Crippen molar-refractivity contribution in [2.75, 3.05) is 6.54 Å². The summed E-state index contributed by atoms with van der Waals surface area (Å²) < 4.78 is 0. The molecule has 0 saturated heterocycles. The lowest BCUT2D eigenvalue weighted by atomic mass is 9.99. The van der Waals surface area contributed by atoms with Gasteiger partial charge in [0.2, 0.25) is 5.91 Å². The lowest BCUT2D eigenvalue weighted by molar-refractivity contribution is -0.137. The van der Waals surface area contributed by atoms with Crippen LogP contribution in [0.4, 0.5) is 0 Å². The standard InChI is InChI=1S/C12H23NO3/c1-3-10(4-2)9-11(14)13-8-6-5-7-12(15)16/h10H,3-9H2,1-2H3,(H,13,14)(H,15,16). The highest BCUT2D eigenvalue weighted by atomic mass is 16.4. The van der Waals surface area contributed by atoms with Crippen molar-refractivity contribution in [1.82, 2.24) is 5.32 Å². The second kappa shape index (κ2) is 9.19. The molecule has 0 heterocycles. The lowest BCUT2D eigenvalue weighted by Crippen LogP contribution is -2.26. The van der Waals surface area contributed by atoms with Crippen molar-refractivity contribution in [3.8, 4) is 0 Å². The second-order valence-electron chi connectivity index (χ2n) is 4.09. The third-order valence-electron chi connectivity index (χ3n) is 2.77. The molecule has 0 aliphatic carbocycles. The molecule has 0 unspecified atom stereocenters. The molecule has 0 spiro atoms. The van der Waals surface area contributed by atoms with Gasteiger partial charge < -0.3 is 10.4 Å². The lowest BCUT2D eigenvalue weighted by Gasteiger charge is -2.11. The van der Waals surface area contributed by atoms with Gasteiger partial charge in [-0.05, 0) is 18.8 Å². The Hall–Kier alpha value is -1.06. The first kappa shape index (κ1) is 14.9. The van der Waals surface area contributed by atoms with Gasteiger partial charge in [0.1, 0.15) is 0 Å². The Balaban J connectivity index is 3.46. The topological polar surface area (TPSA) is 66.4 Å². The highest BCUT2D eigenvalue weighted by Crippen LogP contribution is 2.11.